The molecule has 0 N–H and O–H groups in total. The van der Waals surface area contributed by atoms with Crippen molar-refractivity contribution in [3.63, 3.8) is 0 Å². The molecule has 0 atom stereocenters. The Morgan fingerprint density at radius 2 is 0.857 bits per heavy atom. The van der Waals surface area contributed by atoms with Crippen molar-refractivity contribution < 1.29 is 4.42 Å². The second-order valence-electron chi connectivity index (χ2n) is 14.0. The first-order valence-electron chi connectivity index (χ1n) is 18.7. The molecule has 0 fully saturated rings. The van der Waals surface area contributed by atoms with Crippen molar-refractivity contribution >= 4 is 53.4 Å². The predicted octanol–water partition coefficient (Wildman–Crippen LogP) is 14.1. The van der Waals surface area contributed by atoms with Crippen LogP contribution in [0.2, 0.25) is 0 Å². The van der Waals surface area contributed by atoms with Gasteiger partial charge in [0.05, 0.1) is 0 Å². The third kappa shape index (κ3) is 5.65. The van der Waals surface area contributed by atoms with Crippen LogP contribution in [0.15, 0.2) is 192 Å². The van der Waals surface area contributed by atoms with Crippen LogP contribution in [0.5, 0.6) is 0 Å². The summed E-state index contributed by atoms with van der Waals surface area (Å²) >= 11 is 1.85. The van der Waals surface area contributed by atoms with Crippen molar-refractivity contribution in [2.75, 3.05) is 0 Å². The van der Waals surface area contributed by atoms with E-state index in [0.717, 1.165) is 55.3 Å². The van der Waals surface area contributed by atoms with E-state index in [1.54, 1.807) is 0 Å². The van der Waals surface area contributed by atoms with Gasteiger partial charge in [-0.15, -0.1) is 11.3 Å². The number of thiophene rings is 1. The van der Waals surface area contributed by atoms with Crippen LogP contribution < -0.4 is 0 Å². The zero-order valence-electron chi connectivity index (χ0n) is 30.1. The highest BCUT2D eigenvalue weighted by atomic mass is 32.1. The maximum atomic E-state index is 6.45. The van der Waals surface area contributed by atoms with Crippen LogP contribution in [0, 0.1) is 0 Å². The van der Waals surface area contributed by atoms with E-state index >= 15 is 0 Å². The molecule has 0 radical (unpaired) electrons. The Bertz CT molecular complexity index is 3220. The molecule has 0 saturated heterocycles. The van der Waals surface area contributed by atoms with Crippen LogP contribution >= 0.6 is 11.3 Å². The van der Waals surface area contributed by atoms with Gasteiger partial charge in [-0.05, 0) is 69.8 Å². The van der Waals surface area contributed by atoms with E-state index < -0.39 is 0 Å². The lowest BCUT2D eigenvalue weighted by Crippen LogP contribution is -2.00. The highest BCUT2D eigenvalue weighted by Gasteiger charge is 2.17. The van der Waals surface area contributed by atoms with Gasteiger partial charge < -0.3 is 4.42 Å². The molecular formula is C51H31N3OS. The predicted molar refractivity (Wildman–Crippen MR) is 233 cm³/mol. The van der Waals surface area contributed by atoms with Gasteiger partial charge in [0.15, 0.2) is 17.5 Å². The zero-order valence-corrected chi connectivity index (χ0v) is 30.9. The van der Waals surface area contributed by atoms with Crippen molar-refractivity contribution in [1.29, 1.82) is 0 Å². The van der Waals surface area contributed by atoms with E-state index in [-0.39, 0.29) is 0 Å². The Kier molecular flexibility index (Phi) is 7.64. The van der Waals surface area contributed by atoms with E-state index in [9.17, 15) is 0 Å². The first-order valence-corrected chi connectivity index (χ1v) is 19.5. The average molecular weight is 734 g/mol. The van der Waals surface area contributed by atoms with Crippen molar-refractivity contribution in [2.24, 2.45) is 0 Å². The third-order valence-electron chi connectivity index (χ3n) is 10.6. The Morgan fingerprint density at radius 3 is 1.61 bits per heavy atom. The highest BCUT2D eigenvalue weighted by molar-refractivity contribution is 7.25. The van der Waals surface area contributed by atoms with E-state index in [1.807, 2.05) is 65.9 Å². The standard InChI is InChI=1S/C51H31N3OS/c1-3-10-32(11-4-1)33-20-24-37(25-21-33)50-52-49(36-12-5-2-6-13-36)53-51(54-50)39-27-29-44-43(30-39)48-40(15-9-16-45(48)55-44)35-22-18-34(19-23-35)38-26-28-42-41-14-7-8-17-46(41)56-47(42)31-38/h1-31H. The molecule has 8 aromatic carbocycles. The molecule has 3 heterocycles. The molecule has 0 saturated carbocycles. The van der Waals surface area contributed by atoms with Gasteiger partial charge in [0.1, 0.15) is 11.2 Å². The van der Waals surface area contributed by atoms with Crippen LogP contribution in [-0.2, 0) is 0 Å². The highest BCUT2D eigenvalue weighted by Crippen LogP contribution is 2.40. The average Bonchev–Trinajstić information content (AvgIpc) is 3.85. The molecule has 0 aliphatic carbocycles. The summed E-state index contributed by atoms with van der Waals surface area (Å²) in [7, 11) is 0. The lowest BCUT2D eigenvalue weighted by Gasteiger charge is -2.09. The maximum absolute atomic E-state index is 6.45. The number of fused-ring (bicyclic) bond motifs is 6. The van der Waals surface area contributed by atoms with E-state index in [2.05, 4.69) is 133 Å². The van der Waals surface area contributed by atoms with Gasteiger partial charge in [-0.3, -0.25) is 0 Å². The largest absolute Gasteiger partial charge is 0.456 e. The van der Waals surface area contributed by atoms with Crippen molar-refractivity contribution in [3.05, 3.63) is 188 Å². The molecular weight excluding hydrogens is 703 g/mol. The first-order chi connectivity index (χ1) is 27.7. The minimum absolute atomic E-state index is 0.606. The van der Waals surface area contributed by atoms with Gasteiger partial charge in [-0.2, -0.15) is 0 Å². The summed E-state index contributed by atoms with van der Waals surface area (Å²) in [6.07, 6.45) is 0. The number of benzene rings is 8. The fraction of sp³-hybridized carbons (Fsp3) is 0. The molecule has 11 rings (SSSR count). The summed E-state index contributed by atoms with van der Waals surface area (Å²) in [6, 6.07) is 65.7. The van der Waals surface area contributed by atoms with Gasteiger partial charge >= 0.3 is 0 Å². The second kappa shape index (κ2) is 13.3. The Morgan fingerprint density at radius 1 is 0.321 bits per heavy atom. The van der Waals surface area contributed by atoms with Gasteiger partial charge in [0.2, 0.25) is 0 Å². The van der Waals surface area contributed by atoms with Gasteiger partial charge in [0.25, 0.3) is 0 Å². The van der Waals surface area contributed by atoms with Crippen LogP contribution in [-0.4, -0.2) is 15.0 Å². The molecule has 3 aromatic heterocycles. The number of rotatable bonds is 6. The van der Waals surface area contributed by atoms with Crippen molar-refractivity contribution in [1.82, 2.24) is 15.0 Å². The van der Waals surface area contributed by atoms with Gasteiger partial charge in [-0.1, -0.05) is 152 Å². The lowest BCUT2D eigenvalue weighted by molar-refractivity contribution is 0.669. The number of aromatic nitrogens is 3. The molecule has 0 bridgehead atoms. The number of furan rings is 1. The number of nitrogens with zero attached hydrogens (tertiary/aromatic N) is 3. The lowest BCUT2D eigenvalue weighted by atomic mass is 9.96. The van der Waals surface area contributed by atoms with E-state index in [0.29, 0.717) is 17.5 Å². The fourth-order valence-electron chi connectivity index (χ4n) is 7.75. The summed E-state index contributed by atoms with van der Waals surface area (Å²) in [5.41, 5.74) is 11.4. The minimum atomic E-state index is 0.606. The fourth-order valence-corrected chi connectivity index (χ4v) is 8.89. The Labute approximate surface area is 327 Å². The van der Waals surface area contributed by atoms with Crippen LogP contribution in [0.1, 0.15) is 0 Å². The maximum Gasteiger partial charge on any atom is 0.164 e. The molecule has 56 heavy (non-hydrogen) atoms. The number of hydrogen-bond acceptors (Lipinski definition) is 5. The first kappa shape index (κ1) is 32.2. The normalized spacial score (nSPS) is 11.6. The van der Waals surface area contributed by atoms with E-state index in [1.165, 1.54) is 36.9 Å². The third-order valence-corrected chi connectivity index (χ3v) is 11.7. The quantitative estimate of drug-likeness (QED) is 0.171. The van der Waals surface area contributed by atoms with Gasteiger partial charge in [-0.25, -0.2) is 15.0 Å². The second-order valence-corrected chi connectivity index (χ2v) is 15.1. The Balaban J connectivity index is 0.989. The summed E-state index contributed by atoms with van der Waals surface area (Å²) in [5, 5.41) is 4.71. The topological polar surface area (TPSA) is 51.8 Å². The van der Waals surface area contributed by atoms with Crippen LogP contribution in [0.25, 0.3) is 110 Å². The molecule has 11 aromatic rings. The summed E-state index contributed by atoms with van der Waals surface area (Å²) < 4.78 is 9.07. The van der Waals surface area contributed by atoms with Crippen molar-refractivity contribution in [3.8, 4) is 67.5 Å². The van der Waals surface area contributed by atoms with Gasteiger partial charge in [0, 0.05) is 47.6 Å². The Hall–Kier alpha value is -7.21. The molecule has 0 spiro atoms. The summed E-state index contributed by atoms with van der Waals surface area (Å²) in [6.45, 7) is 0. The number of hydrogen-bond donors (Lipinski definition) is 0. The van der Waals surface area contributed by atoms with Crippen molar-refractivity contribution in [2.45, 2.75) is 0 Å². The SMILES string of the molecule is c1ccc(-c2ccc(-c3nc(-c4ccccc4)nc(-c4ccc5oc6cccc(-c7ccc(-c8ccc9c(c8)sc8ccccc89)cc7)c6c5c4)n3)cc2)cc1. The van der Waals surface area contributed by atoms with Crippen LogP contribution in [0.3, 0.4) is 0 Å². The van der Waals surface area contributed by atoms with Crippen LogP contribution in [0.4, 0.5) is 0 Å². The summed E-state index contributed by atoms with van der Waals surface area (Å²) in [5.74, 6) is 1.86. The minimum Gasteiger partial charge on any atom is -0.456 e. The molecule has 4 nitrogen and oxygen atoms in total. The molecule has 0 aliphatic rings. The van der Waals surface area contributed by atoms with E-state index in [4.69, 9.17) is 19.4 Å². The molecule has 0 amide bonds. The smallest absolute Gasteiger partial charge is 0.164 e. The summed E-state index contributed by atoms with van der Waals surface area (Å²) in [4.78, 5) is 15.1. The monoisotopic (exact) mass is 733 g/mol. The molecule has 0 unspecified atom stereocenters. The zero-order chi connectivity index (χ0) is 37.0. The molecule has 262 valence electrons. The molecule has 0 aliphatic heterocycles. The molecule has 5 heteroatoms.